The van der Waals surface area contributed by atoms with Gasteiger partial charge in [0.1, 0.15) is 0 Å². The molecule has 4 rings (SSSR count). The van der Waals surface area contributed by atoms with Gasteiger partial charge in [0.15, 0.2) is 6.17 Å². The van der Waals surface area contributed by atoms with Crippen LogP contribution in [-0.2, 0) is 4.79 Å². The quantitative estimate of drug-likeness (QED) is 0.852. The van der Waals surface area contributed by atoms with E-state index in [1.165, 1.54) is 6.08 Å². The molecule has 7 heteroatoms. The molecule has 0 aromatic carbocycles. The fourth-order valence-electron chi connectivity index (χ4n) is 3.23. The molecule has 116 valence electrons. The number of halogens is 1. The van der Waals surface area contributed by atoms with Crippen LogP contribution >= 0.6 is 0 Å². The number of hydrogen-bond donors (Lipinski definition) is 2. The Morgan fingerprint density at radius 3 is 3.00 bits per heavy atom. The van der Waals surface area contributed by atoms with Crippen molar-refractivity contribution in [3.63, 3.8) is 0 Å². The van der Waals surface area contributed by atoms with Crippen molar-refractivity contribution in [2.45, 2.75) is 19.0 Å². The Morgan fingerprint density at radius 1 is 1.39 bits per heavy atom. The van der Waals surface area contributed by atoms with Gasteiger partial charge in [0.2, 0.25) is 0 Å². The summed E-state index contributed by atoms with van der Waals surface area (Å²) < 4.78 is 16.4. The van der Waals surface area contributed by atoms with E-state index in [4.69, 9.17) is 5.11 Å². The number of carboxylic acid groups (broad SMARTS) is 1. The van der Waals surface area contributed by atoms with Crippen molar-refractivity contribution in [3.05, 3.63) is 53.6 Å². The summed E-state index contributed by atoms with van der Waals surface area (Å²) in [6, 6.07) is 7.91. The highest BCUT2D eigenvalue weighted by Crippen LogP contribution is 2.36. The number of aromatic nitrogens is 2. The number of nitrogens with one attached hydrogen (secondary N) is 1. The van der Waals surface area contributed by atoms with E-state index in [9.17, 15) is 9.18 Å². The van der Waals surface area contributed by atoms with E-state index in [2.05, 4.69) is 9.46 Å². The second-order valence-corrected chi connectivity index (χ2v) is 5.75. The van der Waals surface area contributed by atoms with Crippen molar-refractivity contribution in [1.29, 1.82) is 0 Å². The van der Waals surface area contributed by atoms with Crippen LogP contribution in [0.15, 0.2) is 47.9 Å². The summed E-state index contributed by atoms with van der Waals surface area (Å²) in [5.74, 6) is -0.871. The molecule has 0 aliphatic carbocycles. The molecule has 5 nitrogen and oxygen atoms in total. The first-order valence-corrected chi connectivity index (χ1v) is 7.52. The number of hydrogen-bond acceptors (Lipinski definition) is 2. The number of aliphatic carboxylic acids is 1. The van der Waals surface area contributed by atoms with E-state index in [1.807, 2.05) is 41.3 Å². The summed E-state index contributed by atoms with van der Waals surface area (Å²) >= 11 is 0. The van der Waals surface area contributed by atoms with Gasteiger partial charge in [-0.25, -0.2) is 4.39 Å². The number of alkyl halides is 1. The smallest absolute Gasteiger partial charge is 0.365 e. The number of carbonyl (C=O) groups is 1. The summed E-state index contributed by atoms with van der Waals surface area (Å²) in [5, 5.41) is 8.87. The Balaban J connectivity index is 1.68. The SMILES string of the molecule is O=C(O)CCC1=CC(F)C2=Cc3ccc(-c4ccc[nH]4)n3BN12. The molecule has 2 N–H and O–H groups in total. The van der Waals surface area contributed by atoms with E-state index in [0.29, 0.717) is 19.7 Å². The minimum Gasteiger partial charge on any atom is -0.481 e. The van der Waals surface area contributed by atoms with Gasteiger partial charge < -0.3 is 19.4 Å². The lowest BCUT2D eigenvalue weighted by Crippen LogP contribution is -2.34. The van der Waals surface area contributed by atoms with E-state index in [0.717, 1.165) is 22.8 Å². The highest BCUT2D eigenvalue weighted by molar-refractivity contribution is 6.34. The van der Waals surface area contributed by atoms with E-state index in [1.54, 1.807) is 0 Å². The third-order valence-electron chi connectivity index (χ3n) is 4.34. The van der Waals surface area contributed by atoms with Crippen molar-refractivity contribution < 1.29 is 14.3 Å². The van der Waals surface area contributed by atoms with Gasteiger partial charge in [0.05, 0.1) is 17.8 Å². The van der Waals surface area contributed by atoms with Crippen LogP contribution in [0.25, 0.3) is 17.5 Å². The third-order valence-corrected chi connectivity index (χ3v) is 4.34. The molecule has 1 atom stereocenters. The number of rotatable bonds is 4. The summed E-state index contributed by atoms with van der Waals surface area (Å²) in [7, 11) is 0.494. The van der Waals surface area contributed by atoms with Gasteiger partial charge in [0, 0.05) is 23.3 Å². The molecule has 0 amide bonds. The summed E-state index contributed by atoms with van der Waals surface area (Å²) in [4.78, 5) is 15.9. The number of H-pyrrole nitrogens is 1. The van der Waals surface area contributed by atoms with Crippen LogP contribution in [0, 0.1) is 0 Å². The number of allylic oxidation sites excluding steroid dienone is 2. The molecule has 23 heavy (non-hydrogen) atoms. The van der Waals surface area contributed by atoms with Crippen LogP contribution in [0.4, 0.5) is 4.39 Å². The average Bonchev–Trinajstić information content (AvgIpc) is 3.22. The third kappa shape index (κ3) is 2.28. The Kier molecular flexibility index (Phi) is 3.14. The lowest BCUT2D eigenvalue weighted by molar-refractivity contribution is -0.137. The maximum atomic E-state index is 14.3. The zero-order valence-electron chi connectivity index (χ0n) is 12.4. The standard InChI is InChI=1S/C16H15BFN3O2/c18-12-8-10(4-6-16(22)23)21-15(12)9-11-3-5-14(20(11)17-21)13-2-1-7-19-13/h1-3,5,7-9,12,17,19H,4,6H2,(H,22,23). The van der Waals surface area contributed by atoms with Crippen molar-refractivity contribution in [2.75, 3.05) is 0 Å². The molecule has 0 spiro atoms. The van der Waals surface area contributed by atoms with Gasteiger partial charge in [-0.05, 0) is 42.8 Å². The molecule has 0 radical (unpaired) electrons. The first-order valence-electron chi connectivity index (χ1n) is 7.52. The molecule has 2 aliphatic rings. The van der Waals surface area contributed by atoms with Crippen LogP contribution in [0.3, 0.4) is 0 Å². The summed E-state index contributed by atoms with van der Waals surface area (Å²) in [5.41, 5.74) is 4.31. The lowest BCUT2D eigenvalue weighted by atomic mass is 9.98. The number of aromatic amines is 1. The van der Waals surface area contributed by atoms with Crippen LogP contribution in [0.1, 0.15) is 18.5 Å². The lowest BCUT2D eigenvalue weighted by Gasteiger charge is -2.29. The van der Waals surface area contributed by atoms with E-state index >= 15 is 0 Å². The zero-order valence-corrected chi connectivity index (χ0v) is 12.4. The first-order chi connectivity index (χ1) is 11.1. The van der Waals surface area contributed by atoms with Crippen LogP contribution < -0.4 is 0 Å². The molecular weight excluding hydrogens is 296 g/mol. The van der Waals surface area contributed by atoms with Gasteiger partial charge in [0.25, 0.3) is 0 Å². The fraction of sp³-hybridized carbons (Fsp3) is 0.188. The molecule has 0 saturated carbocycles. The van der Waals surface area contributed by atoms with E-state index < -0.39 is 12.1 Å². The highest BCUT2D eigenvalue weighted by atomic mass is 19.1. The van der Waals surface area contributed by atoms with Gasteiger partial charge in [-0.1, -0.05) is 0 Å². The largest absolute Gasteiger partial charge is 0.481 e. The van der Waals surface area contributed by atoms with Crippen molar-refractivity contribution in [2.24, 2.45) is 0 Å². The predicted molar refractivity (Wildman–Crippen MR) is 86.4 cm³/mol. The Morgan fingerprint density at radius 2 is 2.26 bits per heavy atom. The minimum atomic E-state index is -1.17. The molecule has 2 aromatic heterocycles. The summed E-state index contributed by atoms with van der Waals surface area (Å²) in [6.07, 6.45) is 4.40. The second-order valence-electron chi connectivity index (χ2n) is 5.75. The average molecular weight is 311 g/mol. The molecule has 0 bridgehead atoms. The predicted octanol–water partition coefficient (Wildman–Crippen LogP) is 2.35. The molecule has 2 aliphatic heterocycles. The van der Waals surface area contributed by atoms with Crippen molar-refractivity contribution >= 4 is 19.6 Å². The number of nitrogens with zero attached hydrogens (tertiary/aromatic N) is 2. The zero-order chi connectivity index (χ0) is 16.0. The highest BCUT2D eigenvalue weighted by Gasteiger charge is 2.33. The molecule has 2 aromatic rings. The topological polar surface area (TPSA) is 61.3 Å². The Hall–Kier alpha value is -2.70. The van der Waals surface area contributed by atoms with Gasteiger partial charge in [-0.15, -0.1) is 0 Å². The van der Waals surface area contributed by atoms with E-state index in [-0.39, 0.29) is 6.42 Å². The van der Waals surface area contributed by atoms with Crippen molar-refractivity contribution in [3.8, 4) is 11.4 Å². The minimum absolute atomic E-state index is 0.00432. The number of fused-ring (bicyclic) bond motifs is 2. The van der Waals surface area contributed by atoms with Crippen LogP contribution in [0.5, 0.6) is 0 Å². The first kappa shape index (κ1) is 13.9. The molecule has 0 fully saturated rings. The monoisotopic (exact) mass is 311 g/mol. The van der Waals surface area contributed by atoms with Crippen LogP contribution in [0.2, 0.25) is 0 Å². The van der Waals surface area contributed by atoms with Gasteiger partial charge >= 0.3 is 13.5 Å². The van der Waals surface area contributed by atoms with Crippen molar-refractivity contribution in [1.82, 2.24) is 14.3 Å². The van der Waals surface area contributed by atoms with Gasteiger partial charge in [-0.2, -0.15) is 0 Å². The maximum Gasteiger partial charge on any atom is 0.365 e. The summed E-state index contributed by atoms with van der Waals surface area (Å²) in [6.45, 7) is 0. The molecule has 0 saturated heterocycles. The fourth-order valence-corrected chi connectivity index (χ4v) is 3.23. The Labute approximate surface area is 133 Å². The number of carboxylic acids is 1. The second kappa shape index (κ2) is 5.19. The van der Waals surface area contributed by atoms with Gasteiger partial charge in [-0.3, -0.25) is 4.79 Å². The molecular formula is C16H15BFN3O2. The molecule has 1 unspecified atom stereocenters. The van der Waals surface area contributed by atoms with Crippen LogP contribution in [-0.4, -0.2) is 39.1 Å². The maximum absolute atomic E-state index is 14.3. The normalized spacial score (nSPS) is 18.8. The Bertz CT molecular complexity index is 823. The molecule has 4 heterocycles.